The van der Waals surface area contributed by atoms with Crippen LogP contribution in [-0.2, 0) is 12.8 Å². The zero-order chi connectivity index (χ0) is 36.2. The molecule has 280 valence electrons. The predicted molar refractivity (Wildman–Crippen MR) is 223 cm³/mol. The van der Waals surface area contributed by atoms with Gasteiger partial charge >= 0.3 is 7.40 Å². The van der Waals surface area contributed by atoms with E-state index in [9.17, 15) is 0 Å². The largest absolute Gasteiger partial charge is 0.830 e. The Morgan fingerprint density at radius 2 is 0.865 bits per heavy atom. The molecule has 0 fully saturated rings. The molecular weight excluding hydrogens is 682 g/mol. The number of fused-ring (bicyclic) bond motifs is 2. The second-order valence-electron chi connectivity index (χ2n) is 14.6. The van der Waals surface area contributed by atoms with Crippen molar-refractivity contribution in [2.75, 3.05) is 0 Å². The number of hydrogen-bond acceptors (Lipinski definition) is 6. The van der Waals surface area contributed by atoms with Gasteiger partial charge in [0, 0.05) is 9.75 Å². The van der Waals surface area contributed by atoms with Crippen molar-refractivity contribution >= 4 is 41.4 Å². The molecule has 52 heavy (non-hydrogen) atoms. The van der Waals surface area contributed by atoms with Gasteiger partial charge < -0.3 is 9.31 Å². The minimum absolute atomic E-state index is 0.321. The van der Waals surface area contributed by atoms with Crippen molar-refractivity contribution in [3.63, 3.8) is 0 Å². The number of azo groups is 1. The second kappa shape index (κ2) is 23.0. The van der Waals surface area contributed by atoms with Gasteiger partial charge in [-0.05, 0) is 95.1 Å². The highest BCUT2D eigenvalue weighted by Crippen LogP contribution is 2.41. The number of nitrogens with zero attached hydrogens (tertiary/aromatic N) is 2. The molecule has 0 amide bonds. The topological polar surface area (TPSA) is 43.2 Å². The summed E-state index contributed by atoms with van der Waals surface area (Å²) in [5, 5.41) is 13.4. The molecule has 2 aromatic carbocycles. The smallest absolute Gasteiger partial charge is 0.495 e. The van der Waals surface area contributed by atoms with E-state index in [1.165, 1.54) is 140 Å². The van der Waals surface area contributed by atoms with Crippen molar-refractivity contribution in [3.8, 4) is 32.4 Å². The van der Waals surface area contributed by atoms with Gasteiger partial charge in [0.05, 0.1) is 0 Å². The molecule has 5 rings (SSSR count). The van der Waals surface area contributed by atoms with E-state index in [0.29, 0.717) is 22.9 Å². The second-order valence-corrected chi connectivity index (χ2v) is 16.4. The molecule has 0 saturated carbocycles. The Morgan fingerprint density at radius 1 is 0.500 bits per heavy atom. The molecule has 0 bridgehead atoms. The van der Waals surface area contributed by atoms with Crippen molar-refractivity contribution in [2.24, 2.45) is 10.2 Å². The van der Waals surface area contributed by atoms with Crippen LogP contribution in [0.2, 0.25) is 0 Å². The van der Waals surface area contributed by atoms with Crippen LogP contribution in [0.4, 0.5) is 15.7 Å². The molecule has 0 aliphatic carbocycles. The average Bonchev–Trinajstić information content (AvgIpc) is 3.84. The number of rotatable bonds is 24. The van der Waals surface area contributed by atoms with Gasteiger partial charge in [-0.2, -0.15) is 0 Å². The van der Waals surface area contributed by atoms with Crippen LogP contribution in [0.15, 0.2) is 69.5 Å². The van der Waals surface area contributed by atoms with Gasteiger partial charge in [0.25, 0.3) is 0 Å². The van der Waals surface area contributed by atoms with Crippen LogP contribution in [0, 0.1) is 0 Å². The van der Waals surface area contributed by atoms with Crippen molar-refractivity contribution in [3.05, 3.63) is 70.4 Å². The molecule has 2 aromatic heterocycles. The molecule has 4 aromatic rings. The van der Waals surface area contributed by atoms with E-state index in [2.05, 4.69) is 47.0 Å². The average molecular weight is 743 g/mol. The maximum Gasteiger partial charge on any atom is 0.830 e. The van der Waals surface area contributed by atoms with Crippen LogP contribution >= 0.6 is 22.7 Å². The van der Waals surface area contributed by atoms with E-state index in [-0.39, 0.29) is 0 Å². The van der Waals surface area contributed by atoms with Crippen LogP contribution in [0.5, 0.6) is 11.5 Å². The Labute approximate surface area is 321 Å². The van der Waals surface area contributed by atoms with E-state index >= 15 is 4.32 Å². The molecule has 0 atom stereocenters. The Kier molecular flexibility index (Phi) is 17.8. The highest BCUT2D eigenvalue weighted by Gasteiger charge is 2.29. The van der Waals surface area contributed by atoms with Gasteiger partial charge in [0.15, 0.2) is 0 Å². The third-order valence-corrected chi connectivity index (χ3v) is 12.2. The van der Waals surface area contributed by atoms with Crippen molar-refractivity contribution in [1.29, 1.82) is 0 Å². The van der Waals surface area contributed by atoms with E-state index in [4.69, 9.17) is 9.31 Å². The van der Waals surface area contributed by atoms with E-state index in [0.717, 1.165) is 33.7 Å². The minimum Gasteiger partial charge on any atom is -0.495 e. The van der Waals surface area contributed by atoms with Crippen LogP contribution in [0.3, 0.4) is 0 Å². The Bertz CT molecular complexity index is 1520. The lowest BCUT2D eigenvalue weighted by molar-refractivity contribution is 0.361. The summed E-state index contributed by atoms with van der Waals surface area (Å²) in [5.74, 6) is 0.641. The summed E-state index contributed by atoms with van der Waals surface area (Å²) in [5.41, 5.74) is 5.63. The molecule has 0 N–H and O–H groups in total. The summed E-state index contributed by atoms with van der Waals surface area (Å²) < 4.78 is 26.8. The van der Waals surface area contributed by atoms with Gasteiger partial charge in [0.1, 0.15) is 22.9 Å². The summed E-state index contributed by atoms with van der Waals surface area (Å²) in [6.07, 6.45) is 29.0. The number of halogens is 1. The predicted octanol–water partition coefficient (Wildman–Crippen LogP) is 16.2. The Morgan fingerprint density at radius 3 is 1.25 bits per heavy atom. The first-order valence-corrected chi connectivity index (χ1v) is 22.2. The van der Waals surface area contributed by atoms with Crippen molar-refractivity contribution in [2.45, 2.75) is 155 Å². The standard InChI is InChI=1S/C44H60BFN2O2S2/c1-3-5-7-9-11-13-15-17-19-21-23-35-29-43(51-33-35)37-25-27-39-41(31-37)49-45(46)50-42-32-38(26-28-40(42)48-47-39)44-30-36(34-52-44)24-22-20-18-16-14-12-10-8-6-4-2/h25-34H,3-24H2,1-2H3. The summed E-state index contributed by atoms with van der Waals surface area (Å²) in [6.45, 7) is 4.55. The number of unbranched alkanes of at least 4 members (excludes halogenated alkanes) is 18. The summed E-state index contributed by atoms with van der Waals surface area (Å²) in [6, 6.07) is 15.9. The molecule has 3 heterocycles. The van der Waals surface area contributed by atoms with E-state index < -0.39 is 7.40 Å². The summed E-state index contributed by atoms with van der Waals surface area (Å²) >= 11 is 3.43. The molecular formula is C44H60BFN2O2S2. The van der Waals surface area contributed by atoms with Crippen LogP contribution in [0.1, 0.15) is 153 Å². The van der Waals surface area contributed by atoms with Gasteiger partial charge in [0.2, 0.25) is 0 Å². The third-order valence-electron chi connectivity index (χ3n) is 10.1. The summed E-state index contributed by atoms with van der Waals surface area (Å²) in [7, 11) is -1.99. The van der Waals surface area contributed by atoms with E-state index in [1.54, 1.807) is 22.7 Å². The molecule has 0 saturated heterocycles. The fraction of sp³-hybridized carbons (Fsp3) is 0.545. The van der Waals surface area contributed by atoms with Crippen LogP contribution in [0.25, 0.3) is 20.9 Å². The normalized spacial score (nSPS) is 12.5. The van der Waals surface area contributed by atoms with E-state index in [1.807, 2.05) is 36.4 Å². The molecule has 0 spiro atoms. The highest BCUT2D eigenvalue weighted by atomic mass is 32.1. The first kappa shape index (κ1) is 40.2. The molecule has 4 nitrogen and oxygen atoms in total. The zero-order valence-electron chi connectivity index (χ0n) is 31.8. The number of thiophene rings is 2. The highest BCUT2D eigenvalue weighted by molar-refractivity contribution is 7.14. The molecule has 0 unspecified atom stereocenters. The Hall–Kier alpha value is -2.97. The fourth-order valence-electron chi connectivity index (χ4n) is 6.97. The number of aryl methyl sites for hydroxylation is 2. The van der Waals surface area contributed by atoms with Crippen molar-refractivity contribution in [1.82, 2.24) is 0 Å². The van der Waals surface area contributed by atoms with Gasteiger partial charge in [-0.25, -0.2) is 4.32 Å². The first-order valence-electron chi connectivity index (χ1n) is 20.5. The number of benzene rings is 2. The van der Waals surface area contributed by atoms with Gasteiger partial charge in [-0.15, -0.1) is 32.9 Å². The maximum atomic E-state index is 15.4. The first-order chi connectivity index (χ1) is 25.6. The molecule has 1 aliphatic heterocycles. The lowest BCUT2D eigenvalue weighted by Gasteiger charge is -2.12. The molecule has 1 aliphatic rings. The Balaban J connectivity index is 1.09. The maximum absolute atomic E-state index is 15.4. The van der Waals surface area contributed by atoms with Gasteiger partial charge in [-0.3, -0.25) is 0 Å². The molecule has 8 heteroatoms. The van der Waals surface area contributed by atoms with Crippen LogP contribution in [-0.4, -0.2) is 7.40 Å². The summed E-state index contributed by atoms with van der Waals surface area (Å²) in [4.78, 5) is 2.27. The zero-order valence-corrected chi connectivity index (χ0v) is 33.4. The minimum atomic E-state index is -1.99. The number of hydrogen-bond donors (Lipinski definition) is 0. The quantitative estimate of drug-likeness (QED) is 0.0530. The monoisotopic (exact) mass is 742 g/mol. The fourth-order valence-corrected chi connectivity index (χ4v) is 8.86. The molecule has 0 radical (unpaired) electrons. The van der Waals surface area contributed by atoms with Crippen molar-refractivity contribution < 1.29 is 13.6 Å². The third kappa shape index (κ3) is 13.5. The lowest BCUT2D eigenvalue weighted by atomic mass is 10.0. The SMILES string of the molecule is CCCCCCCCCCCCc1csc(-c2ccc3c(c2)OB(F)Oc2cc(-c4cc(CCCCCCCCCCCC)cs4)ccc2N=N3)c1. The van der Waals surface area contributed by atoms with Gasteiger partial charge in [-0.1, -0.05) is 142 Å². The lowest BCUT2D eigenvalue weighted by Crippen LogP contribution is -2.24. The van der Waals surface area contributed by atoms with Crippen LogP contribution < -0.4 is 9.31 Å².